The van der Waals surface area contributed by atoms with Crippen LogP contribution in [0.3, 0.4) is 0 Å². The second kappa shape index (κ2) is 5.04. The molecule has 0 amide bonds. The molecule has 13 heavy (non-hydrogen) atoms. The molecule has 3 nitrogen and oxygen atoms in total. The minimum absolute atomic E-state index is 0.0534. The van der Waals surface area contributed by atoms with Crippen LogP contribution in [0.15, 0.2) is 12.3 Å². The summed E-state index contributed by atoms with van der Waals surface area (Å²) in [4.78, 5) is 4.07. The molecule has 0 aliphatic heterocycles. The Bertz CT molecular complexity index is 278. The molecule has 0 saturated carbocycles. The average Bonchev–Trinajstić information content (AvgIpc) is 2.16. The van der Waals surface area contributed by atoms with E-state index in [1.54, 1.807) is 12.3 Å². The van der Waals surface area contributed by atoms with Crippen LogP contribution in [0.5, 0.6) is 0 Å². The van der Waals surface area contributed by atoms with Crippen molar-refractivity contribution in [2.45, 2.75) is 20.0 Å². The number of aliphatic hydroxyl groups is 1. The highest BCUT2D eigenvalue weighted by Gasteiger charge is 2.00. The first kappa shape index (κ1) is 10.3. The maximum Gasteiger partial charge on any atom is 0.126 e. The van der Waals surface area contributed by atoms with E-state index in [9.17, 15) is 0 Å². The number of pyridine rings is 1. The molecule has 0 saturated heterocycles. The first-order valence-electron chi connectivity index (χ1n) is 4.27. The van der Waals surface area contributed by atoms with E-state index in [2.05, 4.69) is 17.2 Å². The maximum atomic E-state index is 8.93. The van der Waals surface area contributed by atoms with Crippen molar-refractivity contribution in [3.63, 3.8) is 0 Å². The molecule has 0 aliphatic carbocycles. The molecule has 1 aromatic heterocycles. The standard InChI is InChI=1S/C9H13ClN2O/c1-2-3-11-9-4-7(6-13)8(10)5-12-9/h4-5,13H,2-3,6H2,1H3,(H,11,12). The van der Waals surface area contributed by atoms with E-state index in [0.29, 0.717) is 10.6 Å². The third-order valence-electron chi connectivity index (χ3n) is 1.66. The molecule has 2 N–H and O–H groups in total. The molecule has 0 spiro atoms. The Balaban J connectivity index is 2.74. The lowest BCUT2D eigenvalue weighted by Crippen LogP contribution is -2.02. The summed E-state index contributed by atoms with van der Waals surface area (Å²) < 4.78 is 0. The summed E-state index contributed by atoms with van der Waals surface area (Å²) >= 11 is 5.78. The lowest BCUT2D eigenvalue weighted by atomic mass is 10.3. The van der Waals surface area contributed by atoms with E-state index < -0.39 is 0 Å². The molecular formula is C9H13ClN2O. The summed E-state index contributed by atoms with van der Waals surface area (Å²) in [5, 5.41) is 12.5. The van der Waals surface area contributed by atoms with Gasteiger partial charge in [0, 0.05) is 18.3 Å². The SMILES string of the molecule is CCCNc1cc(CO)c(Cl)cn1. The largest absolute Gasteiger partial charge is 0.392 e. The minimum Gasteiger partial charge on any atom is -0.392 e. The van der Waals surface area contributed by atoms with Gasteiger partial charge in [0.15, 0.2) is 0 Å². The zero-order chi connectivity index (χ0) is 9.68. The van der Waals surface area contributed by atoms with E-state index in [0.717, 1.165) is 18.8 Å². The topological polar surface area (TPSA) is 45.1 Å². The lowest BCUT2D eigenvalue weighted by molar-refractivity contribution is 0.282. The highest BCUT2D eigenvalue weighted by molar-refractivity contribution is 6.31. The van der Waals surface area contributed by atoms with Gasteiger partial charge in [-0.25, -0.2) is 4.98 Å². The fraction of sp³-hybridized carbons (Fsp3) is 0.444. The smallest absolute Gasteiger partial charge is 0.126 e. The Morgan fingerprint density at radius 2 is 2.38 bits per heavy atom. The van der Waals surface area contributed by atoms with Crippen LogP contribution in [0.4, 0.5) is 5.82 Å². The van der Waals surface area contributed by atoms with Gasteiger partial charge in [0.25, 0.3) is 0 Å². The van der Waals surface area contributed by atoms with Gasteiger partial charge in [0.2, 0.25) is 0 Å². The van der Waals surface area contributed by atoms with E-state index in [1.165, 1.54) is 0 Å². The van der Waals surface area contributed by atoms with Gasteiger partial charge in [-0.2, -0.15) is 0 Å². The van der Waals surface area contributed by atoms with Crippen molar-refractivity contribution in [2.75, 3.05) is 11.9 Å². The highest BCUT2D eigenvalue weighted by Crippen LogP contribution is 2.17. The van der Waals surface area contributed by atoms with Crippen LogP contribution < -0.4 is 5.32 Å². The second-order valence-corrected chi connectivity index (χ2v) is 3.15. The molecule has 1 heterocycles. The summed E-state index contributed by atoms with van der Waals surface area (Å²) in [6.45, 7) is 2.90. The van der Waals surface area contributed by atoms with Crippen molar-refractivity contribution in [3.8, 4) is 0 Å². The Morgan fingerprint density at radius 1 is 1.62 bits per heavy atom. The Hall–Kier alpha value is -0.800. The number of rotatable bonds is 4. The average molecular weight is 201 g/mol. The normalized spacial score (nSPS) is 10.1. The third-order valence-corrected chi connectivity index (χ3v) is 2.00. The first-order chi connectivity index (χ1) is 6.27. The number of hydrogen-bond acceptors (Lipinski definition) is 3. The van der Waals surface area contributed by atoms with E-state index in [4.69, 9.17) is 16.7 Å². The van der Waals surface area contributed by atoms with Crippen LogP contribution in [0, 0.1) is 0 Å². The van der Waals surface area contributed by atoms with Gasteiger partial charge < -0.3 is 10.4 Å². The predicted molar refractivity (Wildman–Crippen MR) is 54.0 cm³/mol. The zero-order valence-corrected chi connectivity index (χ0v) is 8.30. The van der Waals surface area contributed by atoms with E-state index in [1.807, 2.05) is 0 Å². The van der Waals surface area contributed by atoms with Crippen LogP contribution in [0.25, 0.3) is 0 Å². The Labute approximate surface area is 82.8 Å². The van der Waals surface area contributed by atoms with Crippen LogP contribution >= 0.6 is 11.6 Å². The van der Waals surface area contributed by atoms with Crippen molar-refractivity contribution in [1.82, 2.24) is 4.98 Å². The first-order valence-corrected chi connectivity index (χ1v) is 4.65. The molecule has 0 aromatic carbocycles. The molecule has 4 heteroatoms. The van der Waals surface area contributed by atoms with Gasteiger partial charge in [-0.15, -0.1) is 0 Å². The van der Waals surface area contributed by atoms with Crippen LogP contribution in [0.2, 0.25) is 5.02 Å². The lowest BCUT2D eigenvalue weighted by Gasteiger charge is -2.05. The molecule has 1 aromatic rings. The number of aromatic nitrogens is 1. The molecule has 72 valence electrons. The minimum atomic E-state index is -0.0534. The Kier molecular flexibility index (Phi) is 3.99. The highest BCUT2D eigenvalue weighted by atomic mass is 35.5. The van der Waals surface area contributed by atoms with Gasteiger partial charge in [0.05, 0.1) is 11.6 Å². The summed E-state index contributed by atoms with van der Waals surface area (Å²) in [6.07, 6.45) is 2.59. The summed E-state index contributed by atoms with van der Waals surface area (Å²) in [6, 6.07) is 1.76. The fourth-order valence-electron chi connectivity index (χ4n) is 0.951. The molecule has 0 unspecified atom stereocenters. The molecule has 0 radical (unpaired) electrons. The van der Waals surface area contributed by atoms with Gasteiger partial charge in [-0.05, 0) is 12.5 Å². The fourth-order valence-corrected chi connectivity index (χ4v) is 1.11. The van der Waals surface area contributed by atoms with Crippen molar-refractivity contribution in [2.24, 2.45) is 0 Å². The van der Waals surface area contributed by atoms with Gasteiger partial charge in [0.1, 0.15) is 5.82 Å². The molecule has 0 bridgehead atoms. The predicted octanol–water partition coefficient (Wildman–Crippen LogP) is 2.05. The van der Waals surface area contributed by atoms with Crippen LogP contribution in [-0.2, 0) is 6.61 Å². The number of anilines is 1. The van der Waals surface area contributed by atoms with E-state index in [-0.39, 0.29) is 6.61 Å². The number of hydrogen-bond donors (Lipinski definition) is 2. The number of halogens is 1. The zero-order valence-electron chi connectivity index (χ0n) is 7.55. The van der Waals surface area contributed by atoms with Gasteiger partial charge >= 0.3 is 0 Å². The quantitative estimate of drug-likeness (QED) is 0.782. The molecular weight excluding hydrogens is 188 g/mol. The van der Waals surface area contributed by atoms with Crippen molar-refractivity contribution in [3.05, 3.63) is 22.8 Å². The summed E-state index contributed by atoms with van der Waals surface area (Å²) in [7, 11) is 0. The maximum absolute atomic E-state index is 8.93. The van der Waals surface area contributed by atoms with Crippen LogP contribution in [-0.4, -0.2) is 16.6 Å². The van der Waals surface area contributed by atoms with Crippen molar-refractivity contribution >= 4 is 17.4 Å². The van der Waals surface area contributed by atoms with Crippen molar-refractivity contribution < 1.29 is 5.11 Å². The van der Waals surface area contributed by atoms with Crippen molar-refractivity contribution in [1.29, 1.82) is 0 Å². The molecule has 0 atom stereocenters. The summed E-state index contributed by atoms with van der Waals surface area (Å²) in [5.74, 6) is 0.760. The molecule has 1 rings (SSSR count). The monoisotopic (exact) mass is 200 g/mol. The third kappa shape index (κ3) is 2.86. The Morgan fingerprint density at radius 3 is 3.00 bits per heavy atom. The van der Waals surface area contributed by atoms with Gasteiger partial charge in [-0.3, -0.25) is 0 Å². The number of nitrogens with zero attached hydrogens (tertiary/aromatic N) is 1. The second-order valence-electron chi connectivity index (χ2n) is 2.75. The van der Waals surface area contributed by atoms with Crippen LogP contribution in [0.1, 0.15) is 18.9 Å². The van der Waals surface area contributed by atoms with E-state index >= 15 is 0 Å². The molecule has 0 aliphatic rings. The van der Waals surface area contributed by atoms with Gasteiger partial charge in [-0.1, -0.05) is 18.5 Å². The number of nitrogens with one attached hydrogen (secondary N) is 1. The molecule has 0 fully saturated rings. The summed E-state index contributed by atoms with van der Waals surface area (Å²) in [5.41, 5.74) is 0.704. The number of aliphatic hydroxyl groups excluding tert-OH is 1.